The molecule has 1 atom stereocenters. The molecule has 0 saturated carbocycles. The molecule has 1 rings (SSSR count). The van der Waals surface area contributed by atoms with E-state index in [4.69, 9.17) is 16.3 Å². The lowest BCUT2D eigenvalue weighted by Gasteiger charge is -2.22. The van der Waals surface area contributed by atoms with Crippen molar-refractivity contribution in [2.75, 3.05) is 6.54 Å². The van der Waals surface area contributed by atoms with E-state index in [9.17, 15) is 4.79 Å². The third kappa shape index (κ3) is 8.01. The van der Waals surface area contributed by atoms with Crippen molar-refractivity contribution in [3.05, 3.63) is 33.3 Å². The summed E-state index contributed by atoms with van der Waals surface area (Å²) in [6.07, 6.45) is 0.454. The van der Waals surface area contributed by atoms with Crippen molar-refractivity contribution in [3.8, 4) is 0 Å². The number of alkyl carbamates (subject to hydrolysis) is 1. The highest BCUT2D eigenvalue weighted by Gasteiger charge is 2.17. The first kappa shape index (κ1) is 19.3. The van der Waals surface area contributed by atoms with E-state index >= 15 is 0 Å². The zero-order valence-electron chi connectivity index (χ0n) is 13.5. The molecule has 0 radical (unpaired) electrons. The number of rotatable bonds is 6. The number of hydrogen-bond acceptors (Lipinski definition) is 3. The number of halogens is 2. The third-order valence-electron chi connectivity index (χ3n) is 2.83. The van der Waals surface area contributed by atoms with Gasteiger partial charge in [0.25, 0.3) is 0 Å². The largest absolute Gasteiger partial charge is 0.444 e. The normalized spacial score (nSPS) is 12.8. The summed E-state index contributed by atoms with van der Waals surface area (Å²) < 4.78 is 6.12. The fraction of sp³-hybridized carbons (Fsp3) is 0.562. The van der Waals surface area contributed by atoms with Crippen LogP contribution in [0.4, 0.5) is 4.79 Å². The van der Waals surface area contributed by atoms with Gasteiger partial charge in [-0.05, 0) is 74.3 Å². The minimum Gasteiger partial charge on any atom is -0.444 e. The van der Waals surface area contributed by atoms with Crippen molar-refractivity contribution in [3.63, 3.8) is 0 Å². The molecule has 6 heteroatoms. The van der Waals surface area contributed by atoms with Crippen LogP contribution in [0, 0.1) is 0 Å². The summed E-state index contributed by atoms with van der Waals surface area (Å²) in [7, 11) is 0. The smallest absolute Gasteiger partial charge is 0.407 e. The number of carbonyl (C=O) groups is 1. The molecule has 124 valence electrons. The average molecular weight is 392 g/mol. The molecule has 1 amide bonds. The zero-order chi connectivity index (χ0) is 16.8. The van der Waals surface area contributed by atoms with Crippen LogP contribution in [0.3, 0.4) is 0 Å². The van der Waals surface area contributed by atoms with E-state index in [1.54, 1.807) is 0 Å². The third-order valence-corrected chi connectivity index (χ3v) is 4.04. The standard InChI is InChI=1S/C16H24BrClN2O2/c1-11(20-15(21)22-16(2,3)4)7-8-19-10-12-5-6-14(18)13(17)9-12/h5-6,9,11,19H,7-8,10H2,1-4H3,(H,20,21). The molecule has 4 nitrogen and oxygen atoms in total. The summed E-state index contributed by atoms with van der Waals surface area (Å²) in [6, 6.07) is 5.91. The van der Waals surface area contributed by atoms with Crippen LogP contribution in [0.1, 0.15) is 39.7 Å². The Hall–Kier alpha value is -0.780. The molecule has 0 fully saturated rings. The van der Waals surface area contributed by atoms with Crippen molar-refractivity contribution in [1.82, 2.24) is 10.6 Å². The average Bonchev–Trinajstić information content (AvgIpc) is 2.36. The SMILES string of the molecule is CC(CCNCc1ccc(Cl)c(Br)c1)NC(=O)OC(C)(C)C. The molecule has 0 spiro atoms. The maximum atomic E-state index is 11.6. The molecular weight excluding hydrogens is 368 g/mol. The Bertz CT molecular complexity index is 503. The van der Waals surface area contributed by atoms with Crippen LogP contribution >= 0.6 is 27.5 Å². The van der Waals surface area contributed by atoms with Crippen LogP contribution in [-0.4, -0.2) is 24.3 Å². The number of ether oxygens (including phenoxy) is 1. The molecule has 0 aliphatic heterocycles. The Kier molecular flexibility index (Phi) is 7.66. The summed E-state index contributed by atoms with van der Waals surface area (Å²) in [4.78, 5) is 11.6. The molecule has 0 aromatic heterocycles. The van der Waals surface area contributed by atoms with E-state index in [1.807, 2.05) is 45.9 Å². The van der Waals surface area contributed by atoms with Gasteiger partial charge in [0.15, 0.2) is 0 Å². The highest BCUT2D eigenvalue weighted by Crippen LogP contribution is 2.23. The van der Waals surface area contributed by atoms with Gasteiger partial charge in [0.1, 0.15) is 5.60 Å². The highest BCUT2D eigenvalue weighted by molar-refractivity contribution is 9.10. The van der Waals surface area contributed by atoms with Crippen molar-refractivity contribution in [2.45, 2.75) is 52.3 Å². The van der Waals surface area contributed by atoms with Crippen molar-refractivity contribution < 1.29 is 9.53 Å². The fourth-order valence-electron chi connectivity index (χ4n) is 1.78. The van der Waals surface area contributed by atoms with E-state index in [0.717, 1.165) is 29.5 Å². The molecule has 0 bridgehead atoms. The van der Waals surface area contributed by atoms with Gasteiger partial charge in [-0.1, -0.05) is 17.7 Å². The zero-order valence-corrected chi connectivity index (χ0v) is 15.8. The Morgan fingerprint density at radius 3 is 2.68 bits per heavy atom. The van der Waals surface area contributed by atoms with Gasteiger partial charge in [-0.3, -0.25) is 0 Å². The lowest BCUT2D eigenvalue weighted by atomic mass is 10.2. The van der Waals surface area contributed by atoms with E-state index < -0.39 is 5.60 Å². The first-order valence-electron chi connectivity index (χ1n) is 7.31. The molecule has 0 saturated heterocycles. The molecule has 1 aromatic carbocycles. The summed E-state index contributed by atoms with van der Waals surface area (Å²) in [5.41, 5.74) is 0.688. The van der Waals surface area contributed by atoms with Gasteiger partial charge in [0.2, 0.25) is 0 Å². The van der Waals surface area contributed by atoms with Crippen molar-refractivity contribution in [2.24, 2.45) is 0 Å². The van der Waals surface area contributed by atoms with Gasteiger partial charge in [0.05, 0.1) is 5.02 Å². The second-order valence-corrected chi connectivity index (χ2v) is 7.52. The Morgan fingerprint density at radius 1 is 1.41 bits per heavy atom. The van der Waals surface area contributed by atoms with Gasteiger partial charge < -0.3 is 15.4 Å². The summed E-state index contributed by atoms with van der Waals surface area (Å²) in [5.74, 6) is 0. The minimum atomic E-state index is -0.468. The van der Waals surface area contributed by atoms with E-state index in [0.29, 0.717) is 5.02 Å². The predicted octanol–water partition coefficient (Wildman–Crippen LogP) is 4.50. The summed E-state index contributed by atoms with van der Waals surface area (Å²) in [6.45, 7) is 9.08. The summed E-state index contributed by atoms with van der Waals surface area (Å²) in [5, 5.41) is 6.88. The van der Waals surface area contributed by atoms with Crippen molar-refractivity contribution >= 4 is 33.6 Å². The maximum absolute atomic E-state index is 11.6. The monoisotopic (exact) mass is 390 g/mol. The molecular formula is C16H24BrClN2O2. The lowest BCUT2D eigenvalue weighted by molar-refractivity contribution is 0.0506. The van der Waals surface area contributed by atoms with Crippen LogP contribution in [0.25, 0.3) is 0 Å². The van der Waals surface area contributed by atoms with E-state index in [1.165, 1.54) is 0 Å². The number of nitrogens with one attached hydrogen (secondary N) is 2. The van der Waals surface area contributed by atoms with Crippen LogP contribution in [0.15, 0.2) is 22.7 Å². The predicted molar refractivity (Wildman–Crippen MR) is 94.3 cm³/mol. The molecule has 0 aliphatic rings. The summed E-state index contributed by atoms with van der Waals surface area (Å²) >= 11 is 9.37. The molecule has 2 N–H and O–H groups in total. The second-order valence-electron chi connectivity index (χ2n) is 6.26. The lowest BCUT2D eigenvalue weighted by Crippen LogP contribution is -2.38. The number of carbonyl (C=O) groups excluding carboxylic acids is 1. The van der Waals surface area contributed by atoms with Crippen LogP contribution in [0.5, 0.6) is 0 Å². The van der Waals surface area contributed by atoms with Gasteiger partial charge in [-0.2, -0.15) is 0 Å². The molecule has 1 aromatic rings. The molecule has 22 heavy (non-hydrogen) atoms. The van der Waals surface area contributed by atoms with Gasteiger partial charge >= 0.3 is 6.09 Å². The van der Waals surface area contributed by atoms with Gasteiger partial charge in [0, 0.05) is 17.1 Å². The van der Waals surface area contributed by atoms with E-state index in [2.05, 4.69) is 26.6 Å². The minimum absolute atomic E-state index is 0.0549. The number of hydrogen-bond donors (Lipinski definition) is 2. The Balaban J connectivity index is 2.23. The molecule has 1 unspecified atom stereocenters. The van der Waals surface area contributed by atoms with Gasteiger partial charge in [-0.15, -0.1) is 0 Å². The second kappa shape index (κ2) is 8.75. The molecule has 0 heterocycles. The fourth-order valence-corrected chi connectivity index (χ4v) is 2.33. The van der Waals surface area contributed by atoms with Crippen LogP contribution in [-0.2, 0) is 11.3 Å². The Morgan fingerprint density at radius 2 is 2.09 bits per heavy atom. The van der Waals surface area contributed by atoms with Gasteiger partial charge in [-0.25, -0.2) is 4.79 Å². The maximum Gasteiger partial charge on any atom is 0.407 e. The first-order valence-corrected chi connectivity index (χ1v) is 8.48. The first-order chi connectivity index (χ1) is 10.2. The Labute approximate surface area is 146 Å². The van der Waals surface area contributed by atoms with Crippen LogP contribution in [0.2, 0.25) is 5.02 Å². The van der Waals surface area contributed by atoms with Crippen molar-refractivity contribution in [1.29, 1.82) is 0 Å². The quantitative estimate of drug-likeness (QED) is 0.702. The molecule has 0 aliphatic carbocycles. The van der Waals surface area contributed by atoms with Crippen LogP contribution < -0.4 is 10.6 Å². The number of amides is 1. The topological polar surface area (TPSA) is 50.4 Å². The van der Waals surface area contributed by atoms with E-state index in [-0.39, 0.29) is 12.1 Å². The number of benzene rings is 1. The highest BCUT2D eigenvalue weighted by atomic mass is 79.9.